The third-order valence-corrected chi connectivity index (χ3v) is 9.70. The van der Waals surface area contributed by atoms with Crippen LogP contribution >= 0.6 is 11.6 Å². The van der Waals surface area contributed by atoms with E-state index in [-0.39, 0.29) is 16.6 Å². The van der Waals surface area contributed by atoms with Gasteiger partial charge in [0.05, 0.1) is 40.8 Å². The minimum atomic E-state index is -4.43. The molecule has 226 valence electrons. The molecule has 0 unspecified atom stereocenters. The van der Waals surface area contributed by atoms with Crippen LogP contribution in [0, 0.1) is 11.6 Å². The van der Waals surface area contributed by atoms with Crippen LogP contribution in [0.1, 0.15) is 0 Å². The number of halogens is 3. The maximum Gasteiger partial charge on any atom is 0.267 e. The van der Waals surface area contributed by atoms with E-state index in [1.54, 1.807) is 16.8 Å². The lowest BCUT2D eigenvalue weighted by atomic mass is 10.1. The highest BCUT2D eigenvalue weighted by atomic mass is 35.5. The van der Waals surface area contributed by atoms with Crippen LogP contribution in [0.5, 0.6) is 5.88 Å². The summed E-state index contributed by atoms with van der Waals surface area (Å²) in [4.78, 5) is 16.6. The summed E-state index contributed by atoms with van der Waals surface area (Å²) in [6.07, 6.45) is 8.91. The lowest BCUT2D eigenvalue weighted by Crippen LogP contribution is -2.22. The summed E-state index contributed by atoms with van der Waals surface area (Å²) in [7, 11) is -4.43. The van der Waals surface area contributed by atoms with Crippen molar-refractivity contribution in [2.45, 2.75) is 37.3 Å². The fourth-order valence-corrected chi connectivity index (χ4v) is 6.37. The molecule has 0 aliphatic carbocycles. The molecular formula is C27H28ClF2N7O4SSi. The van der Waals surface area contributed by atoms with Crippen molar-refractivity contribution in [2.24, 2.45) is 0 Å². The Morgan fingerprint density at radius 1 is 1.09 bits per heavy atom. The molecule has 5 rings (SSSR count). The molecule has 4 aromatic heterocycles. The van der Waals surface area contributed by atoms with Crippen LogP contribution in [0.15, 0.2) is 60.4 Å². The van der Waals surface area contributed by atoms with Gasteiger partial charge in [0.2, 0.25) is 5.88 Å². The van der Waals surface area contributed by atoms with Crippen molar-refractivity contribution >= 4 is 40.9 Å². The van der Waals surface area contributed by atoms with Gasteiger partial charge < -0.3 is 18.4 Å². The highest BCUT2D eigenvalue weighted by Gasteiger charge is 2.26. The molecule has 4 heterocycles. The van der Waals surface area contributed by atoms with Gasteiger partial charge in [0, 0.05) is 39.5 Å². The first-order valence-corrected chi connectivity index (χ1v) is 18.6. The number of fused-ring (bicyclic) bond motifs is 1. The highest BCUT2D eigenvalue weighted by molar-refractivity contribution is 7.92. The van der Waals surface area contributed by atoms with E-state index in [9.17, 15) is 12.8 Å². The summed E-state index contributed by atoms with van der Waals surface area (Å²) in [5.41, 5.74) is -0.0953. The van der Waals surface area contributed by atoms with Crippen LogP contribution in [-0.2, 0) is 21.5 Å². The first kappa shape index (κ1) is 30.5. The molecule has 5 aromatic rings. The standard InChI is InChI=1S/C27H28ClF2N7O4SSi/c1-40-27-22(11-17(28)12-33-27)42(38,39)35-19-6-5-18(29)23(24(19)30)20-14-37-15-34-25(21(37)13-32-20)26-31-7-8-36(26)16-41-9-10-43(2,3)4/h5-8,11-15,35H,9-10,16H2,1-4H3. The minimum Gasteiger partial charge on any atom is -0.480 e. The quantitative estimate of drug-likeness (QED) is 0.143. The van der Waals surface area contributed by atoms with Gasteiger partial charge in [-0.05, 0) is 24.2 Å². The summed E-state index contributed by atoms with van der Waals surface area (Å²) in [6, 6.07) is 4.04. The van der Waals surface area contributed by atoms with Crippen molar-refractivity contribution in [1.29, 1.82) is 0 Å². The second-order valence-corrected chi connectivity index (χ2v) is 18.5. The van der Waals surface area contributed by atoms with Crippen molar-refractivity contribution in [1.82, 2.24) is 28.9 Å². The number of ether oxygens (including phenoxy) is 2. The van der Waals surface area contributed by atoms with Crippen LogP contribution in [0.4, 0.5) is 14.5 Å². The molecule has 16 heteroatoms. The van der Waals surface area contributed by atoms with E-state index in [1.165, 1.54) is 32.0 Å². The van der Waals surface area contributed by atoms with Crippen LogP contribution in [0.2, 0.25) is 30.7 Å². The summed E-state index contributed by atoms with van der Waals surface area (Å²) >= 11 is 5.91. The molecule has 0 bridgehead atoms. The second kappa shape index (κ2) is 12.0. The first-order valence-electron chi connectivity index (χ1n) is 13.0. The van der Waals surface area contributed by atoms with Crippen molar-refractivity contribution in [3.05, 3.63) is 72.2 Å². The molecule has 0 amide bonds. The predicted octanol–water partition coefficient (Wildman–Crippen LogP) is 5.71. The highest BCUT2D eigenvalue weighted by Crippen LogP contribution is 2.33. The molecule has 43 heavy (non-hydrogen) atoms. The third kappa shape index (κ3) is 6.54. The number of sulfonamides is 1. The largest absolute Gasteiger partial charge is 0.480 e. The lowest BCUT2D eigenvalue weighted by molar-refractivity contribution is 0.0882. The van der Waals surface area contributed by atoms with E-state index in [0.29, 0.717) is 30.4 Å². The molecule has 1 aromatic carbocycles. The summed E-state index contributed by atoms with van der Waals surface area (Å²) in [5.74, 6) is -1.82. The van der Waals surface area contributed by atoms with Gasteiger partial charge in [0.1, 0.15) is 24.6 Å². The molecule has 0 aliphatic heterocycles. The molecule has 0 saturated carbocycles. The first-order chi connectivity index (χ1) is 20.4. The molecule has 11 nitrogen and oxygen atoms in total. The number of hydrogen-bond acceptors (Lipinski definition) is 8. The number of imidazole rings is 2. The fraction of sp³-hybridized carbons (Fsp3) is 0.259. The SMILES string of the molecule is COc1ncc(Cl)cc1S(=O)(=O)Nc1ccc(F)c(-c2cn3cnc(-c4nccn4COCC[Si](C)(C)C)c3cn2)c1F. The number of pyridine rings is 1. The molecule has 0 spiro atoms. The smallest absolute Gasteiger partial charge is 0.267 e. The van der Waals surface area contributed by atoms with E-state index in [1.807, 2.05) is 4.57 Å². The Kier molecular flexibility index (Phi) is 8.51. The topological polar surface area (TPSA) is 126 Å². The van der Waals surface area contributed by atoms with Gasteiger partial charge in [-0.2, -0.15) is 0 Å². The number of nitrogens with zero attached hydrogens (tertiary/aromatic N) is 6. The van der Waals surface area contributed by atoms with Gasteiger partial charge in [-0.25, -0.2) is 32.2 Å². The van der Waals surface area contributed by atoms with E-state index in [0.717, 1.165) is 24.2 Å². The van der Waals surface area contributed by atoms with E-state index < -0.39 is 45.9 Å². The number of benzene rings is 1. The van der Waals surface area contributed by atoms with Gasteiger partial charge in [-0.15, -0.1) is 0 Å². The monoisotopic (exact) mass is 647 g/mol. The predicted molar refractivity (Wildman–Crippen MR) is 160 cm³/mol. The number of rotatable bonds is 11. The summed E-state index contributed by atoms with van der Waals surface area (Å²) in [5, 5.41) is 0.0238. The van der Waals surface area contributed by atoms with Gasteiger partial charge in [-0.3, -0.25) is 9.71 Å². The van der Waals surface area contributed by atoms with Crippen molar-refractivity contribution < 1.29 is 26.7 Å². The van der Waals surface area contributed by atoms with Crippen LogP contribution in [0.3, 0.4) is 0 Å². The molecule has 0 aliphatic rings. The number of anilines is 1. The average molecular weight is 648 g/mol. The van der Waals surface area contributed by atoms with E-state index in [2.05, 4.69) is 44.3 Å². The Morgan fingerprint density at radius 2 is 1.88 bits per heavy atom. The van der Waals surface area contributed by atoms with Gasteiger partial charge in [0.25, 0.3) is 10.0 Å². The van der Waals surface area contributed by atoms with E-state index >= 15 is 4.39 Å². The Bertz CT molecular complexity index is 1910. The summed E-state index contributed by atoms with van der Waals surface area (Å²) in [6.45, 7) is 7.76. The zero-order valence-corrected chi connectivity index (χ0v) is 26.2. The van der Waals surface area contributed by atoms with Crippen LogP contribution in [-0.4, -0.2) is 59.1 Å². The minimum absolute atomic E-state index is 0.0238. The number of aromatic nitrogens is 6. The molecule has 1 N–H and O–H groups in total. The Morgan fingerprint density at radius 3 is 2.63 bits per heavy atom. The van der Waals surface area contributed by atoms with Crippen LogP contribution in [0.25, 0.3) is 28.3 Å². The normalized spacial score (nSPS) is 12.2. The van der Waals surface area contributed by atoms with Gasteiger partial charge in [-0.1, -0.05) is 31.2 Å². The number of hydrogen-bond donors (Lipinski definition) is 1. The fourth-order valence-electron chi connectivity index (χ4n) is 4.19. The van der Waals surface area contributed by atoms with E-state index in [4.69, 9.17) is 21.1 Å². The van der Waals surface area contributed by atoms with Crippen molar-refractivity contribution in [3.63, 3.8) is 0 Å². The Balaban J connectivity index is 1.44. The maximum atomic E-state index is 15.7. The van der Waals surface area contributed by atoms with Crippen molar-refractivity contribution in [2.75, 3.05) is 18.4 Å². The molecule has 0 fully saturated rings. The average Bonchev–Trinajstić information content (AvgIpc) is 3.58. The Labute approximate surface area is 252 Å². The molecule has 0 radical (unpaired) electrons. The van der Waals surface area contributed by atoms with Gasteiger partial charge in [0.15, 0.2) is 16.5 Å². The molecular weight excluding hydrogens is 620 g/mol. The maximum absolute atomic E-state index is 15.7. The zero-order chi connectivity index (χ0) is 30.9. The second-order valence-electron chi connectivity index (χ2n) is 10.8. The number of methoxy groups -OCH3 is 1. The zero-order valence-electron chi connectivity index (χ0n) is 23.7. The molecule has 0 atom stereocenters. The van der Waals surface area contributed by atoms with Crippen molar-refractivity contribution in [3.8, 4) is 28.7 Å². The number of nitrogens with one attached hydrogen (secondary N) is 1. The summed E-state index contributed by atoms with van der Waals surface area (Å²) < 4.78 is 73.2. The molecule has 0 saturated heterocycles. The van der Waals surface area contributed by atoms with Gasteiger partial charge >= 0.3 is 0 Å². The third-order valence-electron chi connectivity index (χ3n) is 6.43. The van der Waals surface area contributed by atoms with Crippen LogP contribution < -0.4 is 9.46 Å². The lowest BCUT2D eigenvalue weighted by Gasteiger charge is -2.16. The Hall–Kier alpha value is -3.92.